The van der Waals surface area contributed by atoms with Crippen LogP contribution in [0.25, 0.3) is 10.9 Å². The molecule has 2 aromatic rings. The molecule has 1 amide bonds. The standard InChI is InChI=1S/C18H22N2O3/c1-12-5-4-6-15-13(2)11-16(21)20(17(12)15)14(3)18(22)19-7-9-23-10-8-19/h4-6,11,14H,7-10H2,1-3H3. The maximum atomic E-state index is 12.8. The van der Waals surface area contributed by atoms with Gasteiger partial charge in [-0.25, -0.2) is 0 Å². The van der Waals surface area contributed by atoms with Crippen molar-refractivity contribution < 1.29 is 9.53 Å². The van der Waals surface area contributed by atoms with E-state index in [1.807, 2.05) is 32.0 Å². The topological polar surface area (TPSA) is 51.5 Å². The lowest BCUT2D eigenvalue weighted by molar-refractivity contribution is -0.138. The highest BCUT2D eigenvalue weighted by molar-refractivity contribution is 5.88. The van der Waals surface area contributed by atoms with E-state index in [1.165, 1.54) is 0 Å². The lowest BCUT2D eigenvalue weighted by Crippen LogP contribution is -2.45. The molecular weight excluding hydrogens is 292 g/mol. The first-order valence-corrected chi connectivity index (χ1v) is 7.98. The molecule has 1 fully saturated rings. The van der Waals surface area contributed by atoms with Gasteiger partial charge in [0.05, 0.1) is 18.7 Å². The molecule has 0 saturated carbocycles. The highest BCUT2D eigenvalue weighted by Gasteiger charge is 2.26. The van der Waals surface area contributed by atoms with Gasteiger partial charge in [0.25, 0.3) is 5.56 Å². The van der Waals surface area contributed by atoms with Crippen molar-refractivity contribution in [1.29, 1.82) is 0 Å². The Kier molecular flexibility index (Phi) is 4.22. The Hall–Kier alpha value is -2.14. The number of aromatic nitrogens is 1. The van der Waals surface area contributed by atoms with Gasteiger partial charge in [-0.2, -0.15) is 0 Å². The van der Waals surface area contributed by atoms with Crippen LogP contribution >= 0.6 is 0 Å². The van der Waals surface area contributed by atoms with Gasteiger partial charge in [0.1, 0.15) is 6.04 Å². The fourth-order valence-electron chi connectivity index (χ4n) is 3.28. The Labute approximate surface area is 135 Å². The van der Waals surface area contributed by atoms with E-state index in [-0.39, 0.29) is 11.5 Å². The molecule has 1 aliphatic heterocycles. The summed E-state index contributed by atoms with van der Waals surface area (Å²) in [6, 6.07) is 7.05. The number of fused-ring (bicyclic) bond motifs is 1. The molecule has 1 unspecified atom stereocenters. The van der Waals surface area contributed by atoms with Gasteiger partial charge in [-0.15, -0.1) is 0 Å². The van der Waals surface area contributed by atoms with Crippen molar-refractivity contribution in [2.75, 3.05) is 26.3 Å². The monoisotopic (exact) mass is 314 g/mol. The molecule has 5 heteroatoms. The first-order valence-electron chi connectivity index (χ1n) is 7.98. The summed E-state index contributed by atoms with van der Waals surface area (Å²) in [5.41, 5.74) is 2.67. The van der Waals surface area contributed by atoms with Gasteiger partial charge >= 0.3 is 0 Å². The highest BCUT2D eigenvalue weighted by atomic mass is 16.5. The number of para-hydroxylation sites is 1. The van der Waals surface area contributed by atoms with E-state index in [0.29, 0.717) is 26.3 Å². The summed E-state index contributed by atoms with van der Waals surface area (Å²) in [6.07, 6.45) is 0. The summed E-state index contributed by atoms with van der Waals surface area (Å²) in [4.78, 5) is 27.2. The SMILES string of the molecule is Cc1cc(=O)n(C(C)C(=O)N2CCOCC2)c2c(C)cccc12. The van der Waals surface area contributed by atoms with Crippen LogP contribution in [0.15, 0.2) is 29.1 Å². The minimum absolute atomic E-state index is 0.0243. The van der Waals surface area contributed by atoms with Crippen molar-refractivity contribution in [2.24, 2.45) is 0 Å². The second-order valence-electron chi connectivity index (χ2n) is 6.12. The van der Waals surface area contributed by atoms with Gasteiger partial charge in [-0.05, 0) is 31.9 Å². The van der Waals surface area contributed by atoms with Crippen LogP contribution < -0.4 is 5.56 Å². The summed E-state index contributed by atoms with van der Waals surface area (Å²) < 4.78 is 6.94. The molecule has 23 heavy (non-hydrogen) atoms. The number of nitrogens with zero attached hydrogens (tertiary/aromatic N) is 2. The Bertz CT molecular complexity index is 804. The summed E-state index contributed by atoms with van der Waals surface area (Å²) in [6.45, 7) is 8.00. The van der Waals surface area contributed by atoms with Crippen LogP contribution in [-0.2, 0) is 9.53 Å². The van der Waals surface area contributed by atoms with E-state index in [0.717, 1.165) is 22.0 Å². The molecule has 1 atom stereocenters. The molecule has 0 spiro atoms. The Balaban J connectivity index is 2.11. The molecule has 0 aliphatic carbocycles. The third-order valence-corrected chi connectivity index (χ3v) is 4.55. The zero-order chi connectivity index (χ0) is 16.6. The maximum absolute atomic E-state index is 12.8. The molecular formula is C18H22N2O3. The van der Waals surface area contributed by atoms with Crippen LogP contribution in [0.4, 0.5) is 0 Å². The fourth-order valence-corrected chi connectivity index (χ4v) is 3.28. The van der Waals surface area contributed by atoms with Crippen molar-refractivity contribution in [3.63, 3.8) is 0 Å². The fraction of sp³-hybridized carbons (Fsp3) is 0.444. The number of hydrogen-bond acceptors (Lipinski definition) is 3. The lowest BCUT2D eigenvalue weighted by atomic mass is 10.0. The van der Waals surface area contributed by atoms with Gasteiger partial charge < -0.3 is 9.64 Å². The number of aryl methyl sites for hydroxylation is 2. The van der Waals surface area contributed by atoms with Gasteiger partial charge in [-0.3, -0.25) is 14.2 Å². The summed E-state index contributed by atoms with van der Waals surface area (Å²) in [7, 11) is 0. The predicted octanol–water partition coefficient (Wildman–Crippen LogP) is 2.04. The van der Waals surface area contributed by atoms with Crippen LogP contribution in [0, 0.1) is 13.8 Å². The summed E-state index contributed by atoms with van der Waals surface area (Å²) in [5.74, 6) is -0.0243. The number of carbonyl (C=O) groups excluding carboxylic acids is 1. The van der Waals surface area contributed by atoms with Crippen LogP contribution in [0.2, 0.25) is 0 Å². The minimum Gasteiger partial charge on any atom is -0.378 e. The molecule has 2 heterocycles. The largest absolute Gasteiger partial charge is 0.378 e. The molecule has 3 rings (SSSR count). The number of pyridine rings is 1. The normalized spacial score (nSPS) is 16.6. The quantitative estimate of drug-likeness (QED) is 0.852. The third-order valence-electron chi connectivity index (χ3n) is 4.55. The molecule has 1 saturated heterocycles. The number of benzene rings is 1. The minimum atomic E-state index is -0.523. The van der Waals surface area contributed by atoms with Crippen LogP contribution in [0.5, 0.6) is 0 Å². The smallest absolute Gasteiger partial charge is 0.252 e. The number of morpholine rings is 1. The van der Waals surface area contributed by atoms with Gasteiger partial charge in [-0.1, -0.05) is 18.2 Å². The lowest BCUT2D eigenvalue weighted by Gasteiger charge is -2.30. The molecule has 0 radical (unpaired) electrons. The molecule has 0 bridgehead atoms. The zero-order valence-electron chi connectivity index (χ0n) is 13.8. The summed E-state index contributed by atoms with van der Waals surface area (Å²) in [5, 5.41) is 1.02. The number of amides is 1. The van der Waals surface area contributed by atoms with E-state index in [4.69, 9.17) is 4.74 Å². The first-order chi connectivity index (χ1) is 11.0. The maximum Gasteiger partial charge on any atom is 0.252 e. The number of carbonyl (C=O) groups is 1. The third kappa shape index (κ3) is 2.77. The molecule has 0 N–H and O–H groups in total. The van der Waals surface area contributed by atoms with Gasteiger partial charge in [0.2, 0.25) is 5.91 Å². The Morgan fingerprint density at radius 1 is 1.17 bits per heavy atom. The summed E-state index contributed by atoms with van der Waals surface area (Å²) >= 11 is 0. The van der Waals surface area contributed by atoms with Crippen molar-refractivity contribution in [3.05, 3.63) is 45.7 Å². The molecule has 5 nitrogen and oxygen atoms in total. The van der Waals surface area contributed by atoms with Crippen molar-refractivity contribution in [3.8, 4) is 0 Å². The van der Waals surface area contributed by atoms with Crippen molar-refractivity contribution in [1.82, 2.24) is 9.47 Å². The van der Waals surface area contributed by atoms with E-state index in [9.17, 15) is 9.59 Å². The van der Waals surface area contributed by atoms with Gasteiger partial charge in [0, 0.05) is 24.5 Å². The number of rotatable bonds is 2. The average Bonchev–Trinajstić information content (AvgIpc) is 2.55. The van der Waals surface area contributed by atoms with E-state index in [2.05, 4.69) is 0 Å². The van der Waals surface area contributed by atoms with Gasteiger partial charge in [0.15, 0.2) is 0 Å². The van der Waals surface area contributed by atoms with Crippen molar-refractivity contribution in [2.45, 2.75) is 26.8 Å². The highest BCUT2D eigenvalue weighted by Crippen LogP contribution is 2.23. The molecule has 1 aromatic heterocycles. The predicted molar refractivity (Wildman–Crippen MR) is 89.8 cm³/mol. The Morgan fingerprint density at radius 3 is 2.57 bits per heavy atom. The second kappa shape index (κ2) is 6.16. The van der Waals surface area contributed by atoms with Crippen LogP contribution in [0.3, 0.4) is 0 Å². The van der Waals surface area contributed by atoms with E-state index >= 15 is 0 Å². The van der Waals surface area contributed by atoms with Crippen molar-refractivity contribution >= 4 is 16.8 Å². The van der Waals surface area contributed by atoms with Crippen LogP contribution in [-0.4, -0.2) is 41.7 Å². The van der Waals surface area contributed by atoms with E-state index in [1.54, 1.807) is 22.5 Å². The zero-order valence-corrected chi connectivity index (χ0v) is 13.8. The molecule has 122 valence electrons. The molecule has 1 aliphatic rings. The first kappa shape index (κ1) is 15.7. The number of ether oxygens (including phenoxy) is 1. The Morgan fingerprint density at radius 2 is 1.87 bits per heavy atom. The van der Waals surface area contributed by atoms with Crippen LogP contribution in [0.1, 0.15) is 24.1 Å². The molecule has 1 aromatic carbocycles. The second-order valence-corrected chi connectivity index (χ2v) is 6.12. The number of hydrogen-bond donors (Lipinski definition) is 0. The average molecular weight is 314 g/mol. The van der Waals surface area contributed by atoms with E-state index < -0.39 is 6.04 Å².